The predicted octanol–water partition coefficient (Wildman–Crippen LogP) is 7.13. The summed E-state index contributed by atoms with van der Waals surface area (Å²) in [6, 6.07) is 0.537. The minimum atomic E-state index is -0.318. The van der Waals surface area contributed by atoms with Crippen LogP contribution in [0.2, 0.25) is 0 Å². The van der Waals surface area contributed by atoms with E-state index in [4.69, 9.17) is 9.47 Å². The van der Waals surface area contributed by atoms with Crippen LogP contribution in [0.4, 0.5) is 4.79 Å². The number of piperazine rings is 1. The lowest BCUT2D eigenvalue weighted by Gasteiger charge is -2.61. The lowest BCUT2D eigenvalue weighted by atomic mass is 9.44. The molecule has 0 bridgehead atoms. The maximum Gasteiger partial charge on any atom is 0.317 e. The zero-order chi connectivity index (χ0) is 27.9. The Morgan fingerprint density at radius 1 is 0.900 bits per heavy atom. The molecule has 5 unspecified atom stereocenters. The number of ether oxygens (including phenoxy) is 2. The Morgan fingerprint density at radius 3 is 2.48 bits per heavy atom. The van der Waals surface area contributed by atoms with Crippen LogP contribution >= 0.6 is 0 Å². The first kappa shape index (κ1) is 28.0. The minimum Gasteiger partial charge on any atom is -0.349 e. The minimum absolute atomic E-state index is 0. The highest BCUT2D eigenvalue weighted by molar-refractivity contribution is 5.74. The summed E-state index contributed by atoms with van der Waals surface area (Å²) in [6.07, 6.45) is 14.4. The van der Waals surface area contributed by atoms with E-state index in [-0.39, 0.29) is 17.5 Å². The Hall–Kier alpha value is -0.850. The summed E-state index contributed by atoms with van der Waals surface area (Å²) in [5.41, 5.74) is 0.832. The normalized spacial score (nSPS) is 52.8. The van der Waals surface area contributed by atoms with Gasteiger partial charge in [-0.25, -0.2) is 4.79 Å². The quantitative estimate of drug-likeness (QED) is 0.369. The first-order valence-electron chi connectivity index (χ1n) is 17.2. The molecule has 0 aromatic carbocycles. The van der Waals surface area contributed by atoms with Crippen LogP contribution in [0, 0.1) is 52.3 Å². The van der Waals surface area contributed by atoms with Crippen LogP contribution in [0.1, 0.15) is 104 Å². The van der Waals surface area contributed by atoms with Crippen LogP contribution in [-0.4, -0.2) is 73.6 Å². The van der Waals surface area contributed by atoms with Gasteiger partial charge in [0.2, 0.25) is 0 Å². The van der Waals surface area contributed by atoms with Crippen molar-refractivity contribution in [2.45, 2.75) is 116 Å². The molecular formula is C34H65N3O3. The third kappa shape index (κ3) is 4.31. The Labute approximate surface area is 249 Å². The van der Waals surface area contributed by atoms with E-state index in [0.717, 1.165) is 69.3 Å². The van der Waals surface area contributed by atoms with Crippen LogP contribution in [0.5, 0.6) is 0 Å². The van der Waals surface area contributed by atoms with Gasteiger partial charge in [-0.3, -0.25) is 0 Å². The van der Waals surface area contributed by atoms with Gasteiger partial charge in [0.25, 0.3) is 0 Å². The molecule has 1 spiro atoms. The number of hydrogen-bond donors (Lipinski definition) is 1. The molecule has 0 radical (unpaired) electrons. The molecule has 3 heterocycles. The molecule has 6 heteroatoms. The Kier molecular flexibility index (Phi) is 7.07. The number of hydrogen-bond acceptors (Lipinski definition) is 4. The third-order valence-corrected chi connectivity index (χ3v) is 14.3. The van der Waals surface area contributed by atoms with Crippen LogP contribution in [0.15, 0.2) is 0 Å². The highest BCUT2D eigenvalue weighted by atomic mass is 16.7. The molecule has 7 rings (SSSR count). The number of amides is 2. The largest absolute Gasteiger partial charge is 0.349 e. The van der Waals surface area contributed by atoms with E-state index in [1.807, 2.05) is 4.90 Å². The van der Waals surface area contributed by atoms with Gasteiger partial charge in [-0.15, -0.1) is 0 Å². The lowest BCUT2D eigenvalue weighted by Crippen LogP contribution is -2.57. The second-order valence-corrected chi connectivity index (χ2v) is 16.2. The Bertz CT molecular complexity index is 987. The van der Waals surface area contributed by atoms with Gasteiger partial charge in [-0.1, -0.05) is 27.7 Å². The van der Waals surface area contributed by atoms with Crippen molar-refractivity contribution in [1.29, 1.82) is 0 Å². The number of nitrogens with zero attached hydrogens (tertiary/aromatic N) is 2. The van der Waals surface area contributed by atoms with Crippen molar-refractivity contribution in [3.63, 3.8) is 0 Å². The fraction of sp³-hybridized carbons (Fsp3) is 0.971. The van der Waals surface area contributed by atoms with Gasteiger partial charge in [0.15, 0.2) is 5.79 Å². The molecule has 4 saturated carbocycles. The van der Waals surface area contributed by atoms with E-state index >= 15 is 0 Å². The summed E-state index contributed by atoms with van der Waals surface area (Å²) in [4.78, 5) is 17.4. The average molecular weight is 564 g/mol. The molecule has 234 valence electrons. The second kappa shape index (κ2) is 10.1. The van der Waals surface area contributed by atoms with Gasteiger partial charge in [-0.05, 0) is 118 Å². The van der Waals surface area contributed by atoms with E-state index in [1.54, 1.807) is 0 Å². The van der Waals surface area contributed by atoms with Crippen LogP contribution < -0.4 is 5.32 Å². The molecule has 7 fully saturated rings. The zero-order valence-electron chi connectivity index (χ0n) is 26.1. The van der Waals surface area contributed by atoms with Gasteiger partial charge in [-0.2, -0.15) is 0 Å². The van der Waals surface area contributed by atoms with Gasteiger partial charge >= 0.3 is 6.03 Å². The van der Waals surface area contributed by atoms with Crippen molar-refractivity contribution in [1.82, 2.24) is 15.1 Å². The van der Waals surface area contributed by atoms with Crippen LogP contribution in [-0.2, 0) is 9.47 Å². The van der Waals surface area contributed by atoms with Gasteiger partial charge in [0.05, 0.1) is 12.7 Å². The van der Waals surface area contributed by atoms with E-state index < -0.39 is 0 Å². The van der Waals surface area contributed by atoms with Crippen molar-refractivity contribution in [3.05, 3.63) is 0 Å². The lowest BCUT2D eigenvalue weighted by molar-refractivity contribution is -0.250. The van der Waals surface area contributed by atoms with Gasteiger partial charge in [0, 0.05) is 50.3 Å². The Morgan fingerprint density at radius 2 is 1.68 bits per heavy atom. The highest BCUT2D eigenvalue weighted by Gasteiger charge is 2.69. The SMILES string of the molecule is CC1CCC[C@@]2(OC1)O[C@H]1CC3[C@@H]4CC[C@@H]5CC(NC(=O)N6CCN(C)CC6)CC[C@]5(C)C4CC[C@]3(C)C1[C@@H]2C.[HH].[HH].[HH].[HH]. The molecule has 40 heavy (non-hydrogen) atoms. The number of urea groups is 1. The topological polar surface area (TPSA) is 54.0 Å². The second-order valence-electron chi connectivity index (χ2n) is 16.2. The number of carbonyl (C=O) groups excluding carboxylic acids is 1. The monoisotopic (exact) mass is 564 g/mol. The molecule has 0 aromatic heterocycles. The van der Waals surface area contributed by atoms with Crippen LogP contribution in [0.3, 0.4) is 0 Å². The summed E-state index contributed by atoms with van der Waals surface area (Å²) in [5.74, 6) is 4.74. The van der Waals surface area contributed by atoms with E-state index in [2.05, 4.69) is 45.0 Å². The molecule has 1 N–H and O–H groups in total. The summed E-state index contributed by atoms with van der Waals surface area (Å²) in [6.45, 7) is 14.7. The standard InChI is InChI=1S/C34H57N3O3.4H2/c1-22-7-6-12-34(39-21-22)23(2)30-29(40-34)20-28-26-9-8-24-19-25(35-31(38)37-17-15-36(5)16-18-37)10-13-32(24,3)27(26)11-14-33(28,30)4;;;;/h22-30H,6-21H2,1-5H3,(H,35,38);4*1H/t22?,23-,24+,25?,26+,27?,28?,29-,30?,32-,33-,34+;;;;/m0..../s1. The summed E-state index contributed by atoms with van der Waals surface area (Å²) in [7, 11) is 2.15. The average Bonchev–Trinajstić information content (AvgIpc) is 3.28. The van der Waals surface area contributed by atoms with Crippen LogP contribution in [0.25, 0.3) is 0 Å². The fourth-order valence-corrected chi connectivity index (χ4v) is 11.9. The van der Waals surface area contributed by atoms with Crippen molar-refractivity contribution < 1.29 is 20.0 Å². The van der Waals surface area contributed by atoms with E-state index in [0.29, 0.717) is 40.7 Å². The number of fused-ring (bicyclic) bond motifs is 7. The number of nitrogens with one attached hydrogen (secondary N) is 1. The maximum absolute atomic E-state index is 13.0. The van der Waals surface area contributed by atoms with Crippen molar-refractivity contribution >= 4 is 6.03 Å². The maximum atomic E-state index is 13.0. The molecule has 2 amide bonds. The molecule has 0 aromatic rings. The zero-order valence-corrected chi connectivity index (χ0v) is 26.1. The molecule has 7 aliphatic rings. The molecule has 6 nitrogen and oxygen atoms in total. The number of likely N-dealkylation sites (N-methyl/N-ethyl adjacent to an activating group) is 1. The Balaban J connectivity index is 0.00000132. The molecule has 3 saturated heterocycles. The summed E-state index contributed by atoms with van der Waals surface area (Å²) >= 11 is 0. The predicted molar refractivity (Wildman–Crippen MR) is 166 cm³/mol. The first-order chi connectivity index (χ1) is 19.1. The summed E-state index contributed by atoms with van der Waals surface area (Å²) in [5, 5.41) is 3.48. The number of rotatable bonds is 1. The smallest absolute Gasteiger partial charge is 0.317 e. The van der Waals surface area contributed by atoms with Gasteiger partial charge < -0.3 is 24.6 Å². The van der Waals surface area contributed by atoms with E-state index in [9.17, 15) is 4.79 Å². The van der Waals surface area contributed by atoms with Crippen molar-refractivity contribution in [3.8, 4) is 0 Å². The molecular weight excluding hydrogens is 498 g/mol. The number of carbonyl (C=O) groups is 1. The highest BCUT2D eigenvalue weighted by Crippen LogP contribution is 2.71. The molecule has 12 atom stereocenters. The van der Waals surface area contributed by atoms with E-state index in [1.165, 1.54) is 57.8 Å². The third-order valence-electron chi connectivity index (χ3n) is 14.3. The summed E-state index contributed by atoms with van der Waals surface area (Å²) < 4.78 is 13.7. The fourth-order valence-electron chi connectivity index (χ4n) is 11.9. The first-order valence-corrected chi connectivity index (χ1v) is 17.2. The van der Waals surface area contributed by atoms with Crippen molar-refractivity contribution in [2.24, 2.45) is 52.3 Å². The molecule has 4 aliphatic carbocycles. The van der Waals surface area contributed by atoms with Gasteiger partial charge in [0.1, 0.15) is 0 Å². The molecule has 3 aliphatic heterocycles. The van der Waals surface area contributed by atoms with Crippen molar-refractivity contribution in [2.75, 3.05) is 39.8 Å².